The summed E-state index contributed by atoms with van der Waals surface area (Å²) in [5, 5.41) is 18.0. The molecule has 0 radical (unpaired) electrons. The molecule has 1 N–H and O–H groups in total. The van der Waals surface area contributed by atoms with Crippen LogP contribution in [0.4, 0.5) is 13.2 Å². The number of hydrogen-bond acceptors (Lipinski definition) is 5. The van der Waals surface area contributed by atoms with Crippen molar-refractivity contribution in [2.24, 2.45) is 11.8 Å². The number of carboxylic acid groups (broad SMARTS) is 1. The average molecular weight is 493 g/mol. The highest BCUT2D eigenvalue weighted by Gasteiger charge is 2.31. The molecule has 3 atom stereocenters. The predicted molar refractivity (Wildman–Crippen MR) is 123 cm³/mol. The van der Waals surface area contributed by atoms with Crippen molar-refractivity contribution in [2.45, 2.75) is 77.0 Å². The molecular weight excluding hydrogens is 461 g/mol. The van der Waals surface area contributed by atoms with Gasteiger partial charge in [0.1, 0.15) is 11.5 Å². The van der Waals surface area contributed by atoms with Gasteiger partial charge in [-0.15, -0.1) is 13.2 Å². The zero-order valence-corrected chi connectivity index (χ0v) is 19.8. The number of carbonyl (C=O) groups is 2. The van der Waals surface area contributed by atoms with Gasteiger partial charge in [-0.2, -0.15) is 10.2 Å². The van der Waals surface area contributed by atoms with Crippen LogP contribution >= 0.6 is 0 Å². The van der Waals surface area contributed by atoms with Crippen molar-refractivity contribution in [1.82, 2.24) is 10.2 Å². The molecule has 1 aliphatic rings. The molecule has 3 rings (SSSR count). The fourth-order valence-corrected chi connectivity index (χ4v) is 4.70. The number of alkyl halides is 3. The number of halogens is 3. The van der Waals surface area contributed by atoms with Gasteiger partial charge in [-0.1, -0.05) is 25.5 Å². The lowest BCUT2D eigenvalue weighted by atomic mass is 9.85. The molecule has 0 spiro atoms. The molecule has 1 aliphatic carbocycles. The summed E-state index contributed by atoms with van der Waals surface area (Å²) in [6, 6.07) is 9.34. The number of benzene rings is 1. The van der Waals surface area contributed by atoms with Crippen molar-refractivity contribution in [3.8, 4) is 5.75 Å². The molecule has 1 heterocycles. The molecule has 2 aromatic rings. The highest BCUT2D eigenvalue weighted by atomic mass is 19.4. The Morgan fingerprint density at radius 3 is 2.60 bits per heavy atom. The van der Waals surface area contributed by atoms with E-state index in [1.165, 1.54) is 18.2 Å². The Bertz CT molecular complexity index is 995. The number of aromatic nitrogens is 2. The molecule has 0 amide bonds. The fourth-order valence-electron chi connectivity index (χ4n) is 4.70. The lowest BCUT2D eigenvalue weighted by molar-refractivity contribution is -0.274. The number of nitrogens with zero attached hydrogens (tertiary/aromatic N) is 2. The number of carbonyl (C=O) groups excluding carboxylic acids is 1. The van der Waals surface area contributed by atoms with Crippen LogP contribution in [0.25, 0.3) is 0 Å². The van der Waals surface area contributed by atoms with Gasteiger partial charge in [-0.05, 0) is 74.3 Å². The Balaban J connectivity index is 1.44. The minimum atomic E-state index is -4.77. The number of Topliss-reactive ketones (excluding diaryl/α,β-unsaturated/α-hetero) is 1. The highest BCUT2D eigenvalue weighted by Crippen LogP contribution is 2.36. The van der Waals surface area contributed by atoms with Crippen LogP contribution in [-0.2, 0) is 22.4 Å². The van der Waals surface area contributed by atoms with E-state index >= 15 is 0 Å². The Kier molecular flexibility index (Phi) is 9.23. The van der Waals surface area contributed by atoms with E-state index < -0.39 is 12.3 Å². The molecule has 1 saturated carbocycles. The Morgan fingerprint density at radius 2 is 1.91 bits per heavy atom. The monoisotopic (exact) mass is 492 g/mol. The molecule has 0 saturated heterocycles. The molecule has 1 fully saturated rings. The van der Waals surface area contributed by atoms with Gasteiger partial charge >= 0.3 is 12.3 Å². The summed E-state index contributed by atoms with van der Waals surface area (Å²) in [7, 11) is 0. The van der Waals surface area contributed by atoms with Gasteiger partial charge in [-0.3, -0.25) is 9.59 Å². The van der Waals surface area contributed by atoms with Gasteiger partial charge < -0.3 is 9.84 Å². The number of ether oxygens (including phenoxy) is 1. The summed E-state index contributed by atoms with van der Waals surface area (Å²) in [5.74, 6) is -0.774. The van der Waals surface area contributed by atoms with Gasteiger partial charge in [0.15, 0.2) is 0 Å². The van der Waals surface area contributed by atoms with Crippen molar-refractivity contribution < 1.29 is 32.6 Å². The average Bonchev–Trinajstić information content (AvgIpc) is 3.05. The number of aliphatic carboxylic acids is 1. The maximum atomic E-state index is 12.4. The lowest BCUT2D eigenvalue weighted by Gasteiger charge is -2.21. The Morgan fingerprint density at radius 1 is 1.11 bits per heavy atom. The standard InChI is InChI=1S/C26H31F3N2O4/c1-17(19-6-3-7-20(12-11-19)25(33)34)24-14-13-21(30-31-24)8-4-9-22(32)15-18-5-2-10-23(16-18)35-26(27,28)29/h2,5,10,13-14,16-17,19-20H,3-4,6-9,11-12,15H2,1H3,(H,33,34). The molecule has 3 unspecified atom stereocenters. The normalized spacial score (nSPS) is 19.5. The summed E-state index contributed by atoms with van der Waals surface area (Å²) in [5.41, 5.74) is 2.15. The Labute approximate surface area is 202 Å². The fraction of sp³-hybridized carbons (Fsp3) is 0.538. The first-order valence-corrected chi connectivity index (χ1v) is 12.0. The van der Waals surface area contributed by atoms with Gasteiger partial charge in [0, 0.05) is 18.8 Å². The van der Waals surface area contributed by atoms with Crippen molar-refractivity contribution in [1.29, 1.82) is 0 Å². The number of aryl methyl sites for hydroxylation is 1. The van der Waals surface area contributed by atoms with Crippen LogP contribution in [-0.4, -0.2) is 33.4 Å². The van der Waals surface area contributed by atoms with Crippen LogP contribution in [0, 0.1) is 11.8 Å². The molecular formula is C26H31F3N2O4. The van der Waals surface area contributed by atoms with E-state index in [1.807, 2.05) is 12.1 Å². The number of hydrogen-bond donors (Lipinski definition) is 1. The smallest absolute Gasteiger partial charge is 0.481 e. The third-order valence-corrected chi connectivity index (χ3v) is 6.70. The third kappa shape index (κ3) is 8.64. The Hall–Kier alpha value is -2.97. The minimum Gasteiger partial charge on any atom is -0.481 e. The topological polar surface area (TPSA) is 89.4 Å². The maximum Gasteiger partial charge on any atom is 0.573 e. The third-order valence-electron chi connectivity index (χ3n) is 6.70. The second kappa shape index (κ2) is 12.1. The van der Waals surface area contributed by atoms with Gasteiger partial charge in [0.2, 0.25) is 0 Å². The molecule has 0 aliphatic heterocycles. The van der Waals surface area contributed by atoms with E-state index in [2.05, 4.69) is 21.9 Å². The maximum absolute atomic E-state index is 12.4. The first-order valence-electron chi connectivity index (χ1n) is 12.0. The van der Waals surface area contributed by atoms with Crippen molar-refractivity contribution in [3.63, 3.8) is 0 Å². The van der Waals surface area contributed by atoms with Gasteiger partial charge in [-0.25, -0.2) is 0 Å². The SMILES string of the molecule is CC(c1ccc(CCCC(=O)Cc2cccc(OC(F)(F)F)c2)nn1)C1CCCC(C(=O)O)CC1. The zero-order chi connectivity index (χ0) is 25.4. The number of ketones is 1. The van der Waals surface area contributed by atoms with Crippen LogP contribution in [0.3, 0.4) is 0 Å². The summed E-state index contributed by atoms with van der Waals surface area (Å²) >= 11 is 0. The van der Waals surface area contributed by atoms with Crippen LogP contribution in [0.15, 0.2) is 36.4 Å². The first kappa shape index (κ1) is 26.6. The number of rotatable bonds is 10. The molecule has 35 heavy (non-hydrogen) atoms. The van der Waals surface area contributed by atoms with Crippen molar-refractivity contribution in [3.05, 3.63) is 53.3 Å². The second-order valence-corrected chi connectivity index (χ2v) is 9.31. The van der Waals surface area contributed by atoms with E-state index in [9.17, 15) is 27.9 Å². The van der Waals surface area contributed by atoms with E-state index in [0.29, 0.717) is 30.7 Å². The highest BCUT2D eigenvalue weighted by molar-refractivity contribution is 5.80. The molecule has 1 aromatic carbocycles. The van der Waals surface area contributed by atoms with Crippen LogP contribution in [0.2, 0.25) is 0 Å². The van der Waals surface area contributed by atoms with E-state index in [0.717, 1.165) is 37.1 Å². The van der Waals surface area contributed by atoms with Crippen molar-refractivity contribution in [2.75, 3.05) is 0 Å². The van der Waals surface area contributed by atoms with Gasteiger partial charge in [0.25, 0.3) is 0 Å². The molecule has 190 valence electrons. The first-order chi connectivity index (χ1) is 16.6. The van der Waals surface area contributed by atoms with Crippen molar-refractivity contribution >= 4 is 11.8 Å². The van der Waals surface area contributed by atoms with E-state index in [1.54, 1.807) is 6.07 Å². The second-order valence-electron chi connectivity index (χ2n) is 9.31. The molecule has 6 nitrogen and oxygen atoms in total. The van der Waals surface area contributed by atoms with Crippen LogP contribution in [0.1, 0.15) is 74.7 Å². The molecule has 9 heteroatoms. The van der Waals surface area contributed by atoms with E-state index in [-0.39, 0.29) is 36.2 Å². The largest absolute Gasteiger partial charge is 0.573 e. The predicted octanol–water partition coefficient (Wildman–Crippen LogP) is 5.89. The summed E-state index contributed by atoms with van der Waals surface area (Å²) in [6.07, 6.45) is 0.906. The summed E-state index contributed by atoms with van der Waals surface area (Å²) < 4.78 is 41.0. The van der Waals surface area contributed by atoms with Gasteiger partial charge in [0.05, 0.1) is 17.3 Å². The summed E-state index contributed by atoms with van der Waals surface area (Å²) in [6.45, 7) is 2.11. The summed E-state index contributed by atoms with van der Waals surface area (Å²) in [4.78, 5) is 23.6. The quantitative estimate of drug-likeness (QED) is 0.416. The molecule has 1 aromatic heterocycles. The van der Waals surface area contributed by atoms with Crippen LogP contribution in [0.5, 0.6) is 5.75 Å². The van der Waals surface area contributed by atoms with Crippen LogP contribution < -0.4 is 4.74 Å². The molecule has 0 bridgehead atoms. The number of carboxylic acids is 1. The zero-order valence-electron chi connectivity index (χ0n) is 19.8. The lowest BCUT2D eigenvalue weighted by Crippen LogP contribution is -2.17. The van der Waals surface area contributed by atoms with E-state index in [4.69, 9.17) is 0 Å². The minimum absolute atomic E-state index is 0.0430.